The molecule has 0 radical (unpaired) electrons. The molecule has 2 aromatic rings. The first-order valence-corrected chi connectivity index (χ1v) is 7.36. The number of nitrogens with one attached hydrogen (secondary N) is 1. The molecule has 2 rings (SSSR count). The van der Waals surface area contributed by atoms with E-state index in [1.54, 1.807) is 19.9 Å². The van der Waals surface area contributed by atoms with Crippen molar-refractivity contribution in [3.05, 3.63) is 53.5 Å². The maximum Gasteiger partial charge on any atom is 0.331 e. The Labute approximate surface area is 138 Å². The molecule has 1 N–H and O–H groups in total. The molecule has 1 atom stereocenters. The predicted molar refractivity (Wildman–Crippen MR) is 85.5 cm³/mol. The van der Waals surface area contributed by atoms with E-state index < -0.39 is 18.0 Å². The molecule has 1 unspecified atom stereocenters. The molecule has 126 valence electrons. The zero-order valence-electron chi connectivity index (χ0n) is 13.3. The topological polar surface area (TPSA) is 81.4 Å². The minimum Gasteiger partial charge on any atom is -0.449 e. The smallest absolute Gasteiger partial charge is 0.331 e. The molecule has 0 fully saturated rings. The van der Waals surface area contributed by atoms with E-state index in [1.165, 1.54) is 36.4 Å². The third-order valence-corrected chi connectivity index (χ3v) is 3.08. The number of rotatable bonds is 6. The second-order valence-electron chi connectivity index (χ2n) is 5.03. The lowest BCUT2D eigenvalue weighted by molar-refractivity contribution is -0.149. The van der Waals surface area contributed by atoms with Crippen molar-refractivity contribution < 1.29 is 23.2 Å². The summed E-state index contributed by atoms with van der Waals surface area (Å²) < 4.78 is 22.8. The summed E-state index contributed by atoms with van der Waals surface area (Å²) in [4.78, 5) is 23.9. The lowest BCUT2D eigenvalue weighted by Crippen LogP contribution is -2.31. The number of anilines is 1. The molecule has 1 aromatic carbocycles. The Bertz CT molecular complexity index is 737. The second-order valence-corrected chi connectivity index (χ2v) is 5.03. The van der Waals surface area contributed by atoms with Crippen LogP contribution in [0.2, 0.25) is 0 Å². The van der Waals surface area contributed by atoms with Gasteiger partial charge in [-0.25, -0.2) is 9.18 Å². The van der Waals surface area contributed by atoms with Gasteiger partial charge in [0.25, 0.3) is 5.91 Å². The van der Waals surface area contributed by atoms with Crippen molar-refractivity contribution in [3.63, 3.8) is 0 Å². The number of nitrogens with zero attached hydrogens (tertiary/aromatic N) is 1. The molecule has 0 aliphatic heterocycles. The number of benzene rings is 1. The number of carbonyl (C=O) groups excluding carboxylic acids is 2. The number of halogens is 1. The normalized spacial score (nSPS) is 12.1. The summed E-state index contributed by atoms with van der Waals surface area (Å²) in [7, 11) is 0. The minimum atomic E-state index is -0.952. The third kappa shape index (κ3) is 5.05. The Balaban J connectivity index is 1.92. The highest BCUT2D eigenvalue weighted by Crippen LogP contribution is 2.10. The molecule has 1 aromatic heterocycles. The van der Waals surface area contributed by atoms with Crippen molar-refractivity contribution in [3.8, 4) is 0 Å². The molecule has 1 heterocycles. The van der Waals surface area contributed by atoms with Gasteiger partial charge in [0.2, 0.25) is 0 Å². The highest BCUT2D eigenvalue weighted by molar-refractivity contribution is 5.96. The molecule has 0 bridgehead atoms. The average molecular weight is 332 g/mol. The van der Waals surface area contributed by atoms with Crippen molar-refractivity contribution in [2.24, 2.45) is 0 Å². The maximum absolute atomic E-state index is 12.8. The van der Waals surface area contributed by atoms with Crippen molar-refractivity contribution in [1.29, 1.82) is 0 Å². The van der Waals surface area contributed by atoms with Crippen molar-refractivity contribution >= 4 is 23.8 Å². The van der Waals surface area contributed by atoms with Gasteiger partial charge in [0.05, 0.1) is 0 Å². The monoisotopic (exact) mass is 332 g/mol. The maximum atomic E-state index is 12.8. The number of aromatic nitrogens is 1. The van der Waals surface area contributed by atoms with Gasteiger partial charge < -0.3 is 14.6 Å². The predicted octanol–water partition coefficient (Wildman–Crippen LogP) is 3.10. The first kappa shape index (κ1) is 17.4. The van der Waals surface area contributed by atoms with Gasteiger partial charge in [-0.2, -0.15) is 0 Å². The molecule has 0 saturated carbocycles. The lowest BCUT2D eigenvalue weighted by Gasteiger charge is -2.13. The summed E-state index contributed by atoms with van der Waals surface area (Å²) in [5, 5.41) is 6.16. The van der Waals surface area contributed by atoms with Gasteiger partial charge in [0.1, 0.15) is 11.6 Å². The number of hydrogen-bond donors (Lipinski definition) is 1. The van der Waals surface area contributed by atoms with Crippen LogP contribution in [0.25, 0.3) is 6.08 Å². The van der Waals surface area contributed by atoms with Crippen LogP contribution < -0.4 is 5.32 Å². The van der Waals surface area contributed by atoms with E-state index in [2.05, 4.69) is 10.5 Å². The fraction of sp³-hybridized carbons (Fsp3) is 0.235. The van der Waals surface area contributed by atoms with Gasteiger partial charge >= 0.3 is 5.97 Å². The van der Waals surface area contributed by atoms with E-state index in [4.69, 9.17) is 9.26 Å². The summed E-state index contributed by atoms with van der Waals surface area (Å²) in [6.07, 6.45) is 2.02. The first-order valence-electron chi connectivity index (χ1n) is 7.36. The van der Waals surface area contributed by atoms with Crippen LogP contribution >= 0.6 is 0 Å². The summed E-state index contributed by atoms with van der Waals surface area (Å²) >= 11 is 0. The number of aryl methyl sites for hydroxylation is 1. The Kier molecular flexibility index (Phi) is 5.83. The standard InChI is InChI=1S/C17H17FN2O4/c1-3-14(17(22)19-15-10-11(2)24-20-15)23-16(21)9-6-12-4-7-13(18)8-5-12/h4-10,14H,3H2,1-2H3,(H,19,20,22)/b9-6+. The zero-order valence-corrected chi connectivity index (χ0v) is 13.3. The Morgan fingerprint density at radius 2 is 2.08 bits per heavy atom. The molecule has 0 aliphatic rings. The summed E-state index contributed by atoms with van der Waals surface area (Å²) in [5.74, 6) is -0.709. The van der Waals surface area contributed by atoms with E-state index in [-0.39, 0.29) is 11.6 Å². The first-order chi connectivity index (χ1) is 11.5. The van der Waals surface area contributed by atoms with Gasteiger partial charge in [0, 0.05) is 12.1 Å². The van der Waals surface area contributed by atoms with Crippen LogP contribution in [0.1, 0.15) is 24.7 Å². The lowest BCUT2D eigenvalue weighted by atomic mass is 10.2. The summed E-state index contributed by atoms with van der Waals surface area (Å²) in [6, 6.07) is 7.17. The fourth-order valence-corrected chi connectivity index (χ4v) is 1.87. The second kappa shape index (κ2) is 8.05. The van der Waals surface area contributed by atoms with Crippen LogP contribution in [0, 0.1) is 12.7 Å². The largest absolute Gasteiger partial charge is 0.449 e. The summed E-state index contributed by atoms with van der Waals surface area (Å²) in [6.45, 7) is 3.41. The molecule has 0 saturated heterocycles. The van der Waals surface area contributed by atoms with Gasteiger partial charge in [0.15, 0.2) is 11.9 Å². The van der Waals surface area contributed by atoms with Crippen LogP contribution in [0.3, 0.4) is 0 Å². The molecular weight excluding hydrogens is 315 g/mol. The van der Waals surface area contributed by atoms with E-state index in [0.29, 0.717) is 17.7 Å². The Hall–Kier alpha value is -2.96. The van der Waals surface area contributed by atoms with Crippen LogP contribution in [-0.4, -0.2) is 23.1 Å². The third-order valence-electron chi connectivity index (χ3n) is 3.08. The van der Waals surface area contributed by atoms with E-state index >= 15 is 0 Å². The SMILES string of the molecule is CCC(OC(=O)/C=C/c1ccc(F)cc1)C(=O)Nc1cc(C)on1. The number of esters is 1. The number of amides is 1. The van der Waals surface area contributed by atoms with Gasteiger partial charge in [-0.15, -0.1) is 0 Å². The molecule has 7 heteroatoms. The molecule has 6 nitrogen and oxygen atoms in total. The number of ether oxygens (including phenoxy) is 1. The zero-order chi connectivity index (χ0) is 17.5. The van der Waals surface area contributed by atoms with E-state index in [9.17, 15) is 14.0 Å². The van der Waals surface area contributed by atoms with Crippen molar-refractivity contribution in [2.45, 2.75) is 26.4 Å². The number of hydrogen-bond acceptors (Lipinski definition) is 5. The quantitative estimate of drug-likeness (QED) is 0.649. The Morgan fingerprint density at radius 3 is 2.67 bits per heavy atom. The van der Waals surface area contributed by atoms with Crippen LogP contribution in [0.5, 0.6) is 0 Å². The Morgan fingerprint density at radius 1 is 1.38 bits per heavy atom. The summed E-state index contributed by atoms with van der Waals surface area (Å²) in [5.41, 5.74) is 0.643. The van der Waals surface area contributed by atoms with Crippen LogP contribution in [-0.2, 0) is 14.3 Å². The van der Waals surface area contributed by atoms with Gasteiger partial charge in [-0.1, -0.05) is 24.2 Å². The molecule has 24 heavy (non-hydrogen) atoms. The van der Waals surface area contributed by atoms with Crippen LogP contribution in [0.15, 0.2) is 40.9 Å². The minimum absolute atomic E-state index is 0.258. The van der Waals surface area contributed by atoms with Crippen LogP contribution in [0.4, 0.5) is 10.2 Å². The fourth-order valence-electron chi connectivity index (χ4n) is 1.87. The highest BCUT2D eigenvalue weighted by atomic mass is 19.1. The molecule has 0 spiro atoms. The van der Waals surface area contributed by atoms with Crippen molar-refractivity contribution in [1.82, 2.24) is 5.16 Å². The molecule has 0 aliphatic carbocycles. The highest BCUT2D eigenvalue weighted by Gasteiger charge is 2.21. The molecule has 1 amide bonds. The van der Waals surface area contributed by atoms with Crippen molar-refractivity contribution in [2.75, 3.05) is 5.32 Å². The number of carbonyl (C=O) groups is 2. The van der Waals surface area contributed by atoms with Gasteiger partial charge in [-0.05, 0) is 37.1 Å². The van der Waals surface area contributed by atoms with E-state index in [0.717, 1.165) is 0 Å². The van der Waals surface area contributed by atoms with E-state index in [1.807, 2.05) is 0 Å². The molecular formula is C17H17FN2O4. The average Bonchev–Trinajstić information content (AvgIpc) is 2.96. The van der Waals surface area contributed by atoms with Gasteiger partial charge in [-0.3, -0.25) is 4.79 Å².